The predicted molar refractivity (Wildman–Crippen MR) is 79.8 cm³/mol. The second-order valence-electron chi connectivity index (χ2n) is 4.62. The first-order valence-electron chi connectivity index (χ1n) is 6.08. The highest BCUT2D eigenvalue weighted by molar-refractivity contribution is 9.10. The summed E-state index contributed by atoms with van der Waals surface area (Å²) in [6.07, 6.45) is 4.22. The Hall–Kier alpha value is -1.26. The highest BCUT2D eigenvalue weighted by atomic mass is 79.9. The van der Waals surface area contributed by atoms with Crippen molar-refractivity contribution in [3.63, 3.8) is 0 Å². The largest absolute Gasteiger partial charge is 0.339 e. The molecule has 1 aliphatic rings. The second-order valence-corrected chi connectivity index (χ2v) is 5.94. The average Bonchev–Trinajstić information content (AvgIpc) is 3.15. The maximum absolute atomic E-state index is 12.3. The minimum absolute atomic E-state index is 0.134. The molecule has 0 unspecified atom stereocenters. The topological polar surface area (TPSA) is 34.0 Å². The number of hydrogen-bond donors (Lipinski definition) is 1. The number of rotatable bonds is 3. The monoisotopic (exact) mass is 338 g/mol. The number of hydrogen-bond acceptors (Lipinski definition) is 1. The highest BCUT2D eigenvalue weighted by Crippen LogP contribution is 2.37. The molecule has 0 radical (unpaired) electrons. The molecule has 0 aliphatic heterocycles. The number of benzene rings is 1. The number of carbonyl (C=O) groups is 1. The standard InChI is InChI=1S/C14H12BrClN2O/c15-9-7-13(18(8-9)10-5-6-10)14(19)17-12-4-2-1-3-11(12)16/h1-4,7-8,10H,5-6H2,(H,17,19). The van der Waals surface area contributed by atoms with E-state index in [1.54, 1.807) is 12.1 Å². The third-order valence-corrected chi connectivity index (χ3v) is 3.87. The number of halogens is 2. The molecule has 98 valence electrons. The number of carbonyl (C=O) groups excluding carboxylic acids is 1. The zero-order valence-electron chi connectivity index (χ0n) is 10.1. The number of aromatic nitrogens is 1. The molecule has 1 aromatic heterocycles. The fraction of sp³-hybridized carbons (Fsp3) is 0.214. The lowest BCUT2D eigenvalue weighted by molar-refractivity contribution is 0.101. The van der Waals surface area contributed by atoms with Gasteiger partial charge in [0.1, 0.15) is 5.69 Å². The maximum atomic E-state index is 12.3. The van der Waals surface area contributed by atoms with Crippen molar-refractivity contribution >= 4 is 39.1 Å². The Bertz CT molecular complexity index is 634. The molecule has 3 rings (SSSR count). The summed E-state index contributed by atoms with van der Waals surface area (Å²) in [5.41, 5.74) is 1.29. The quantitative estimate of drug-likeness (QED) is 0.878. The van der Waals surface area contributed by atoms with Gasteiger partial charge in [-0.1, -0.05) is 23.7 Å². The Balaban J connectivity index is 1.86. The molecular weight excluding hydrogens is 328 g/mol. The van der Waals surface area contributed by atoms with Gasteiger partial charge in [-0.15, -0.1) is 0 Å². The van der Waals surface area contributed by atoms with Gasteiger partial charge in [0, 0.05) is 16.7 Å². The van der Waals surface area contributed by atoms with Crippen LogP contribution in [0.5, 0.6) is 0 Å². The van der Waals surface area contributed by atoms with Crippen LogP contribution < -0.4 is 5.32 Å². The number of nitrogens with zero attached hydrogens (tertiary/aromatic N) is 1. The molecule has 0 spiro atoms. The van der Waals surface area contributed by atoms with Crippen LogP contribution in [0.3, 0.4) is 0 Å². The van der Waals surface area contributed by atoms with E-state index in [-0.39, 0.29) is 5.91 Å². The smallest absolute Gasteiger partial charge is 0.272 e. The van der Waals surface area contributed by atoms with Crippen molar-refractivity contribution in [2.24, 2.45) is 0 Å². The summed E-state index contributed by atoms with van der Waals surface area (Å²) in [6.45, 7) is 0. The Morgan fingerprint density at radius 3 is 2.79 bits per heavy atom. The zero-order chi connectivity index (χ0) is 13.4. The molecule has 3 nitrogen and oxygen atoms in total. The van der Waals surface area contributed by atoms with Crippen LogP contribution >= 0.6 is 27.5 Å². The van der Waals surface area contributed by atoms with E-state index in [0.29, 0.717) is 22.4 Å². The Morgan fingerprint density at radius 1 is 1.37 bits per heavy atom. The van der Waals surface area contributed by atoms with Crippen molar-refractivity contribution in [3.8, 4) is 0 Å². The summed E-state index contributed by atoms with van der Waals surface area (Å²) in [6, 6.07) is 9.52. The van der Waals surface area contributed by atoms with Crippen LogP contribution in [0.2, 0.25) is 5.02 Å². The van der Waals surface area contributed by atoms with Gasteiger partial charge >= 0.3 is 0 Å². The van der Waals surface area contributed by atoms with Crippen molar-refractivity contribution in [1.29, 1.82) is 0 Å². The van der Waals surface area contributed by atoms with Gasteiger partial charge in [-0.3, -0.25) is 4.79 Å². The maximum Gasteiger partial charge on any atom is 0.272 e. The molecule has 1 N–H and O–H groups in total. The highest BCUT2D eigenvalue weighted by Gasteiger charge is 2.27. The van der Waals surface area contributed by atoms with E-state index in [0.717, 1.165) is 17.3 Å². The Labute approximate surface area is 124 Å². The van der Waals surface area contributed by atoms with Gasteiger partial charge in [0.2, 0.25) is 0 Å². The first-order chi connectivity index (χ1) is 9.15. The van der Waals surface area contributed by atoms with Crippen molar-refractivity contribution in [1.82, 2.24) is 4.57 Å². The third kappa shape index (κ3) is 2.69. The average molecular weight is 340 g/mol. The Kier molecular flexibility index (Phi) is 3.37. The van der Waals surface area contributed by atoms with Crippen LogP contribution in [0.15, 0.2) is 41.0 Å². The molecule has 1 aromatic carbocycles. The van der Waals surface area contributed by atoms with Crippen LogP contribution in [0.25, 0.3) is 0 Å². The summed E-state index contributed by atoms with van der Waals surface area (Å²) in [7, 11) is 0. The summed E-state index contributed by atoms with van der Waals surface area (Å²) >= 11 is 9.47. The first kappa shape index (κ1) is 12.8. The molecule has 5 heteroatoms. The van der Waals surface area contributed by atoms with Crippen molar-refractivity contribution in [2.75, 3.05) is 5.32 Å². The normalized spacial score (nSPS) is 14.4. The van der Waals surface area contributed by atoms with E-state index in [4.69, 9.17) is 11.6 Å². The molecule has 1 fully saturated rings. The number of anilines is 1. The Morgan fingerprint density at radius 2 is 2.11 bits per heavy atom. The summed E-state index contributed by atoms with van der Waals surface area (Å²) in [4.78, 5) is 12.3. The molecule has 0 atom stereocenters. The van der Waals surface area contributed by atoms with E-state index >= 15 is 0 Å². The molecule has 0 saturated heterocycles. The minimum atomic E-state index is -0.134. The fourth-order valence-electron chi connectivity index (χ4n) is 2.03. The number of para-hydroxylation sites is 1. The number of nitrogens with one attached hydrogen (secondary N) is 1. The lowest BCUT2D eigenvalue weighted by Gasteiger charge is -2.09. The van der Waals surface area contributed by atoms with Gasteiger partial charge in [-0.25, -0.2) is 0 Å². The number of amides is 1. The van der Waals surface area contributed by atoms with Gasteiger partial charge in [0.05, 0.1) is 10.7 Å². The molecule has 1 aliphatic carbocycles. The molecule has 1 heterocycles. The van der Waals surface area contributed by atoms with Gasteiger partial charge in [0.25, 0.3) is 5.91 Å². The summed E-state index contributed by atoms with van der Waals surface area (Å²) in [5, 5.41) is 3.39. The van der Waals surface area contributed by atoms with E-state index < -0.39 is 0 Å². The van der Waals surface area contributed by atoms with Crippen LogP contribution in [0, 0.1) is 0 Å². The molecular formula is C14H12BrClN2O. The van der Waals surface area contributed by atoms with Crippen LogP contribution in [0.1, 0.15) is 29.4 Å². The third-order valence-electron chi connectivity index (χ3n) is 3.11. The van der Waals surface area contributed by atoms with Crippen molar-refractivity contribution in [3.05, 3.63) is 51.7 Å². The van der Waals surface area contributed by atoms with Gasteiger partial charge in [-0.05, 0) is 47.0 Å². The zero-order valence-corrected chi connectivity index (χ0v) is 12.4. The first-order valence-corrected chi connectivity index (χ1v) is 7.25. The van der Waals surface area contributed by atoms with Gasteiger partial charge in [-0.2, -0.15) is 0 Å². The SMILES string of the molecule is O=C(Nc1ccccc1Cl)c1cc(Br)cn1C1CC1. The lowest BCUT2D eigenvalue weighted by Crippen LogP contribution is -2.16. The van der Waals surface area contributed by atoms with Crippen molar-refractivity contribution < 1.29 is 4.79 Å². The molecule has 1 amide bonds. The molecule has 1 saturated carbocycles. The van der Waals surface area contributed by atoms with E-state index in [1.807, 2.05) is 29.0 Å². The summed E-state index contributed by atoms with van der Waals surface area (Å²) in [5.74, 6) is -0.134. The van der Waals surface area contributed by atoms with E-state index in [1.165, 1.54) is 0 Å². The van der Waals surface area contributed by atoms with Crippen LogP contribution in [-0.4, -0.2) is 10.5 Å². The van der Waals surface area contributed by atoms with Gasteiger partial charge in [0.15, 0.2) is 0 Å². The van der Waals surface area contributed by atoms with Crippen LogP contribution in [0.4, 0.5) is 5.69 Å². The molecule has 2 aromatic rings. The molecule has 0 bridgehead atoms. The van der Waals surface area contributed by atoms with Gasteiger partial charge < -0.3 is 9.88 Å². The van der Waals surface area contributed by atoms with Crippen molar-refractivity contribution in [2.45, 2.75) is 18.9 Å². The predicted octanol–water partition coefficient (Wildman–Crippen LogP) is 4.49. The van der Waals surface area contributed by atoms with Crippen LogP contribution in [-0.2, 0) is 0 Å². The minimum Gasteiger partial charge on any atom is -0.339 e. The van der Waals surface area contributed by atoms with E-state index in [2.05, 4.69) is 21.2 Å². The summed E-state index contributed by atoms with van der Waals surface area (Å²) < 4.78 is 2.94. The lowest BCUT2D eigenvalue weighted by atomic mass is 10.3. The fourth-order valence-corrected chi connectivity index (χ4v) is 2.65. The second kappa shape index (κ2) is 5.02. The van der Waals surface area contributed by atoms with E-state index in [9.17, 15) is 4.79 Å². The molecule has 19 heavy (non-hydrogen) atoms.